The summed E-state index contributed by atoms with van der Waals surface area (Å²) in [5.74, 6) is -0.548. The number of hydrogen-bond donors (Lipinski definition) is 1. The first-order valence-corrected chi connectivity index (χ1v) is 12.1. The molecule has 0 fully saturated rings. The molecule has 2 rings (SSSR count). The summed E-state index contributed by atoms with van der Waals surface area (Å²) in [6.07, 6.45) is 0.447. The Morgan fingerprint density at radius 3 is 2.45 bits per heavy atom. The fraction of sp³-hybridized carbons (Fsp3) is 0.364. The van der Waals surface area contributed by atoms with Gasteiger partial charge in [0.15, 0.2) is 0 Å². The molecule has 1 N–H and O–H groups in total. The molecule has 0 spiro atoms. The van der Waals surface area contributed by atoms with E-state index >= 15 is 0 Å². The number of carbonyl (C=O) groups excluding carboxylic acids is 2. The van der Waals surface area contributed by atoms with E-state index in [2.05, 4.69) is 5.32 Å². The van der Waals surface area contributed by atoms with Gasteiger partial charge in [0.05, 0.1) is 15.8 Å². The number of hydrogen-bond acceptors (Lipinski definition) is 3. The lowest BCUT2D eigenvalue weighted by Gasteiger charge is -2.30. The van der Waals surface area contributed by atoms with Crippen LogP contribution in [0, 0.1) is 5.82 Å². The lowest BCUT2D eigenvalue weighted by Crippen LogP contribution is -2.49. The average Bonchev–Trinajstić information content (AvgIpc) is 2.72. The van der Waals surface area contributed by atoms with Gasteiger partial charge in [-0.25, -0.2) is 4.39 Å². The predicted octanol–water partition coefficient (Wildman–Crippen LogP) is 5.96. The van der Waals surface area contributed by atoms with E-state index < -0.39 is 11.9 Å². The number of thioether (sulfide) groups is 1. The first-order chi connectivity index (χ1) is 14.8. The number of benzene rings is 2. The van der Waals surface area contributed by atoms with Crippen molar-refractivity contribution in [1.82, 2.24) is 10.2 Å². The maximum absolute atomic E-state index is 14.0. The zero-order valence-corrected chi connectivity index (χ0v) is 20.3. The number of rotatable bonds is 10. The molecule has 0 unspecified atom stereocenters. The highest BCUT2D eigenvalue weighted by molar-refractivity contribution is 7.99. The summed E-state index contributed by atoms with van der Waals surface area (Å²) < 4.78 is 14.0. The Labute approximate surface area is 201 Å². The summed E-state index contributed by atoms with van der Waals surface area (Å²) >= 11 is 19.4. The van der Waals surface area contributed by atoms with Crippen LogP contribution in [0.4, 0.5) is 4.39 Å². The van der Waals surface area contributed by atoms with Gasteiger partial charge in [-0.3, -0.25) is 9.59 Å². The van der Waals surface area contributed by atoms with Crippen LogP contribution in [0.25, 0.3) is 0 Å². The third-order valence-electron chi connectivity index (χ3n) is 4.61. The van der Waals surface area contributed by atoms with Crippen LogP contribution < -0.4 is 5.32 Å². The summed E-state index contributed by atoms with van der Waals surface area (Å²) in [5.41, 5.74) is 1.11. The van der Waals surface area contributed by atoms with Gasteiger partial charge < -0.3 is 10.2 Å². The number of nitrogens with zero attached hydrogens (tertiary/aromatic N) is 1. The van der Waals surface area contributed by atoms with Crippen LogP contribution in [-0.4, -0.2) is 35.1 Å². The van der Waals surface area contributed by atoms with Gasteiger partial charge in [0.2, 0.25) is 11.8 Å². The van der Waals surface area contributed by atoms with Crippen molar-refractivity contribution in [3.63, 3.8) is 0 Å². The van der Waals surface area contributed by atoms with Gasteiger partial charge in [-0.2, -0.15) is 0 Å². The summed E-state index contributed by atoms with van der Waals surface area (Å²) in [6.45, 7) is 4.34. The van der Waals surface area contributed by atoms with E-state index in [-0.39, 0.29) is 29.9 Å². The molecule has 1 atom stereocenters. The maximum Gasteiger partial charge on any atom is 0.242 e. The molecule has 0 radical (unpaired) electrons. The monoisotopic (exact) mass is 504 g/mol. The number of halogens is 4. The van der Waals surface area contributed by atoms with Gasteiger partial charge in [0, 0.05) is 29.4 Å². The van der Waals surface area contributed by atoms with Crippen molar-refractivity contribution in [2.24, 2.45) is 0 Å². The molecule has 9 heteroatoms. The molecule has 4 nitrogen and oxygen atoms in total. The Morgan fingerprint density at radius 1 is 1.10 bits per heavy atom. The van der Waals surface area contributed by atoms with Crippen molar-refractivity contribution >= 4 is 58.4 Å². The number of likely N-dealkylation sites (N-methyl/N-ethyl adjacent to an activating group) is 1. The van der Waals surface area contributed by atoms with Gasteiger partial charge in [-0.15, -0.1) is 11.8 Å². The first-order valence-electron chi connectivity index (χ1n) is 9.80. The molecule has 2 amide bonds. The predicted molar refractivity (Wildman–Crippen MR) is 127 cm³/mol. The second-order valence-corrected chi connectivity index (χ2v) is 8.99. The fourth-order valence-electron chi connectivity index (χ4n) is 3.04. The van der Waals surface area contributed by atoms with Crippen molar-refractivity contribution in [3.8, 4) is 0 Å². The second-order valence-electron chi connectivity index (χ2n) is 6.78. The number of amides is 2. The zero-order chi connectivity index (χ0) is 23.0. The largest absolute Gasteiger partial charge is 0.355 e. The van der Waals surface area contributed by atoms with Crippen molar-refractivity contribution in [3.05, 3.63) is 68.4 Å². The molecule has 168 valence electrons. The summed E-state index contributed by atoms with van der Waals surface area (Å²) in [5, 5.41) is 3.89. The average molecular weight is 506 g/mol. The van der Waals surface area contributed by atoms with Gasteiger partial charge in [0.25, 0.3) is 0 Å². The Bertz CT molecular complexity index is 909. The molecule has 0 aliphatic rings. The van der Waals surface area contributed by atoms with E-state index in [1.807, 2.05) is 13.8 Å². The third kappa shape index (κ3) is 7.28. The molecule has 0 aromatic heterocycles. The Morgan fingerprint density at radius 2 is 1.84 bits per heavy atom. The summed E-state index contributed by atoms with van der Waals surface area (Å²) in [7, 11) is 0. The molecule has 0 saturated carbocycles. The highest BCUT2D eigenvalue weighted by atomic mass is 35.5. The SMILES string of the molecule is CCNC(=O)[C@@H](CC)N(Cc1ccc(Cl)c(Cl)c1)C(=O)CSCc1c(F)cccc1Cl. The highest BCUT2D eigenvalue weighted by Crippen LogP contribution is 2.26. The maximum atomic E-state index is 14.0. The Balaban J connectivity index is 2.18. The molecule has 2 aromatic carbocycles. The minimum absolute atomic E-state index is 0.0713. The summed E-state index contributed by atoms with van der Waals surface area (Å²) in [4.78, 5) is 27.2. The van der Waals surface area contributed by atoms with Crippen LogP contribution in [0.5, 0.6) is 0 Å². The molecule has 31 heavy (non-hydrogen) atoms. The third-order valence-corrected chi connectivity index (χ3v) is 6.64. The highest BCUT2D eigenvalue weighted by Gasteiger charge is 2.28. The number of nitrogens with one attached hydrogen (secondary N) is 1. The molecule has 0 bridgehead atoms. The van der Waals surface area contributed by atoms with E-state index in [4.69, 9.17) is 34.8 Å². The fourth-order valence-corrected chi connectivity index (χ4v) is 4.61. The van der Waals surface area contributed by atoms with Gasteiger partial charge in [-0.1, -0.05) is 53.9 Å². The first kappa shape index (κ1) is 25.8. The minimum Gasteiger partial charge on any atom is -0.355 e. The van der Waals surface area contributed by atoms with Crippen LogP contribution in [0.15, 0.2) is 36.4 Å². The lowest BCUT2D eigenvalue weighted by molar-refractivity contribution is -0.139. The van der Waals surface area contributed by atoms with E-state index in [1.54, 1.807) is 24.3 Å². The lowest BCUT2D eigenvalue weighted by atomic mass is 10.1. The zero-order valence-electron chi connectivity index (χ0n) is 17.3. The van der Waals surface area contributed by atoms with Crippen LogP contribution in [-0.2, 0) is 21.9 Å². The number of carbonyl (C=O) groups is 2. The van der Waals surface area contributed by atoms with Crippen LogP contribution >= 0.6 is 46.6 Å². The molecule has 0 heterocycles. The van der Waals surface area contributed by atoms with E-state index in [0.29, 0.717) is 33.6 Å². The van der Waals surface area contributed by atoms with Crippen molar-refractivity contribution in [2.45, 2.75) is 38.6 Å². The van der Waals surface area contributed by atoms with Crippen LogP contribution in [0.2, 0.25) is 15.1 Å². The molecule has 0 aliphatic carbocycles. The quantitative estimate of drug-likeness (QED) is 0.433. The van der Waals surface area contributed by atoms with Crippen molar-refractivity contribution < 1.29 is 14.0 Å². The molecular formula is C22H24Cl3FN2O2S. The van der Waals surface area contributed by atoms with Crippen LogP contribution in [0.3, 0.4) is 0 Å². The van der Waals surface area contributed by atoms with Crippen molar-refractivity contribution in [2.75, 3.05) is 12.3 Å². The Kier molecular flexibility index (Phi) is 10.4. The summed E-state index contributed by atoms with van der Waals surface area (Å²) in [6, 6.07) is 8.95. The molecule has 0 aliphatic heterocycles. The standard InChI is InChI=1S/C22H24Cl3FN2O2S/c1-3-20(22(30)27-4-2)28(11-14-8-9-17(24)18(25)10-14)21(29)13-31-12-15-16(23)6-5-7-19(15)26/h5-10,20H,3-4,11-13H2,1-2H3,(H,27,30)/t20-/m1/s1. The van der Waals surface area contributed by atoms with E-state index in [0.717, 1.165) is 5.56 Å². The normalized spacial score (nSPS) is 11.8. The molecule has 2 aromatic rings. The minimum atomic E-state index is -0.639. The Hall–Kier alpha value is -1.47. The van der Waals surface area contributed by atoms with Gasteiger partial charge >= 0.3 is 0 Å². The van der Waals surface area contributed by atoms with E-state index in [9.17, 15) is 14.0 Å². The molecule has 0 saturated heterocycles. The van der Waals surface area contributed by atoms with Gasteiger partial charge in [-0.05, 0) is 43.2 Å². The topological polar surface area (TPSA) is 49.4 Å². The molecular weight excluding hydrogens is 482 g/mol. The van der Waals surface area contributed by atoms with E-state index in [1.165, 1.54) is 28.8 Å². The van der Waals surface area contributed by atoms with Crippen molar-refractivity contribution in [1.29, 1.82) is 0 Å². The van der Waals surface area contributed by atoms with Gasteiger partial charge in [0.1, 0.15) is 11.9 Å². The van der Waals surface area contributed by atoms with Crippen LogP contribution in [0.1, 0.15) is 31.4 Å². The second kappa shape index (κ2) is 12.5. The smallest absolute Gasteiger partial charge is 0.242 e.